The van der Waals surface area contributed by atoms with Crippen LogP contribution in [0.2, 0.25) is 0 Å². The van der Waals surface area contributed by atoms with Gasteiger partial charge in [0.15, 0.2) is 0 Å². The van der Waals surface area contributed by atoms with Crippen molar-refractivity contribution in [2.45, 2.75) is 38.2 Å². The van der Waals surface area contributed by atoms with Gasteiger partial charge in [-0.1, -0.05) is 18.2 Å². The predicted octanol–water partition coefficient (Wildman–Crippen LogP) is 2.72. The number of benzene rings is 1. The van der Waals surface area contributed by atoms with Gasteiger partial charge in [-0.25, -0.2) is 0 Å². The lowest BCUT2D eigenvalue weighted by atomic mass is 9.87. The zero-order valence-corrected chi connectivity index (χ0v) is 11.0. The zero-order chi connectivity index (χ0) is 13.2. The van der Waals surface area contributed by atoms with Gasteiger partial charge in [0.25, 0.3) is 5.91 Å². The third-order valence-corrected chi connectivity index (χ3v) is 4.10. The first kappa shape index (κ1) is 12.4. The molecular formula is C16H19NO2. The molecule has 1 aromatic rings. The maximum Gasteiger partial charge on any atom is 0.258 e. The van der Waals surface area contributed by atoms with Gasteiger partial charge in [0.05, 0.1) is 6.10 Å². The van der Waals surface area contributed by atoms with E-state index in [-0.39, 0.29) is 12.0 Å². The summed E-state index contributed by atoms with van der Waals surface area (Å²) in [6.07, 6.45) is 4.43. The smallest absolute Gasteiger partial charge is 0.258 e. The van der Waals surface area contributed by atoms with Gasteiger partial charge in [-0.3, -0.25) is 4.79 Å². The van der Waals surface area contributed by atoms with Crippen LogP contribution in [0.15, 0.2) is 41.6 Å². The Labute approximate surface area is 113 Å². The van der Waals surface area contributed by atoms with Crippen molar-refractivity contribution >= 4 is 5.91 Å². The first-order valence-electron chi connectivity index (χ1n) is 7.04. The molecule has 1 N–H and O–H groups in total. The van der Waals surface area contributed by atoms with Crippen LogP contribution < -0.4 is 0 Å². The SMILES string of the molecule is O=C(c1ccccc1)N1CCC(O)C2=C1CCCC2. The zero-order valence-electron chi connectivity index (χ0n) is 11.0. The number of amides is 1. The monoisotopic (exact) mass is 257 g/mol. The third kappa shape index (κ3) is 2.30. The van der Waals surface area contributed by atoms with Crippen molar-refractivity contribution in [3.63, 3.8) is 0 Å². The third-order valence-electron chi connectivity index (χ3n) is 4.10. The highest BCUT2D eigenvalue weighted by atomic mass is 16.3. The summed E-state index contributed by atoms with van der Waals surface area (Å²) in [7, 11) is 0. The van der Waals surface area contributed by atoms with E-state index in [1.54, 1.807) is 0 Å². The van der Waals surface area contributed by atoms with E-state index in [0.717, 1.165) is 42.5 Å². The summed E-state index contributed by atoms with van der Waals surface area (Å²) in [6.45, 7) is 0.633. The van der Waals surface area contributed by atoms with E-state index >= 15 is 0 Å². The van der Waals surface area contributed by atoms with E-state index in [1.165, 1.54) is 0 Å². The molecule has 19 heavy (non-hydrogen) atoms. The summed E-state index contributed by atoms with van der Waals surface area (Å²) in [4.78, 5) is 14.5. The molecule has 1 atom stereocenters. The minimum Gasteiger partial charge on any atom is -0.389 e. The molecule has 100 valence electrons. The van der Waals surface area contributed by atoms with E-state index < -0.39 is 0 Å². The lowest BCUT2D eigenvalue weighted by molar-refractivity contribution is 0.0728. The molecular weight excluding hydrogens is 238 g/mol. The van der Waals surface area contributed by atoms with Gasteiger partial charge in [-0.05, 0) is 49.8 Å². The van der Waals surface area contributed by atoms with Crippen molar-refractivity contribution in [3.8, 4) is 0 Å². The second-order valence-electron chi connectivity index (χ2n) is 5.31. The Kier molecular flexibility index (Phi) is 3.38. The molecule has 1 amide bonds. The standard InChI is InChI=1S/C16H19NO2/c18-15-10-11-17(14-9-5-4-8-13(14)15)16(19)12-6-2-1-3-7-12/h1-3,6-7,15,18H,4-5,8-11H2. The minimum atomic E-state index is -0.338. The summed E-state index contributed by atoms with van der Waals surface area (Å²) in [5.41, 5.74) is 2.91. The maximum atomic E-state index is 12.6. The topological polar surface area (TPSA) is 40.5 Å². The summed E-state index contributed by atoms with van der Waals surface area (Å²) >= 11 is 0. The quantitative estimate of drug-likeness (QED) is 0.840. The molecule has 0 fully saturated rings. The Balaban J connectivity index is 1.92. The Morgan fingerprint density at radius 2 is 1.89 bits per heavy atom. The summed E-state index contributed by atoms with van der Waals surface area (Å²) in [5.74, 6) is 0.0712. The van der Waals surface area contributed by atoms with Gasteiger partial charge in [0, 0.05) is 17.8 Å². The molecule has 0 spiro atoms. The molecule has 1 aliphatic heterocycles. The Bertz CT molecular complexity index is 507. The van der Waals surface area contributed by atoms with Crippen molar-refractivity contribution in [2.75, 3.05) is 6.54 Å². The van der Waals surface area contributed by atoms with Crippen LogP contribution in [-0.2, 0) is 0 Å². The highest BCUT2D eigenvalue weighted by Crippen LogP contribution is 2.34. The molecule has 0 saturated heterocycles. The van der Waals surface area contributed by atoms with Crippen molar-refractivity contribution in [2.24, 2.45) is 0 Å². The van der Waals surface area contributed by atoms with Gasteiger partial charge >= 0.3 is 0 Å². The molecule has 1 aromatic carbocycles. The molecule has 2 aliphatic rings. The highest BCUT2D eigenvalue weighted by molar-refractivity contribution is 5.95. The Hall–Kier alpha value is -1.61. The fourth-order valence-electron chi connectivity index (χ4n) is 3.10. The molecule has 0 saturated carbocycles. The van der Waals surface area contributed by atoms with Gasteiger partial charge in [-0.2, -0.15) is 0 Å². The van der Waals surface area contributed by atoms with Gasteiger partial charge < -0.3 is 10.0 Å². The summed E-state index contributed by atoms with van der Waals surface area (Å²) in [6, 6.07) is 9.42. The van der Waals surface area contributed by atoms with Crippen LogP contribution in [0.5, 0.6) is 0 Å². The van der Waals surface area contributed by atoms with Crippen molar-refractivity contribution in [1.29, 1.82) is 0 Å². The fourth-order valence-corrected chi connectivity index (χ4v) is 3.10. The number of carbonyl (C=O) groups excluding carboxylic acids is 1. The number of carbonyl (C=O) groups is 1. The molecule has 3 rings (SSSR count). The van der Waals surface area contributed by atoms with E-state index in [2.05, 4.69) is 0 Å². The first-order valence-corrected chi connectivity index (χ1v) is 7.04. The van der Waals surface area contributed by atoms with E-state index in [4.69, 9.17) is 0 Å². The Morgan fingerprint density at radius 1 is 1.16 bits per heavy atom. The largest absolute Gasteiger partial charge is 0.389 e. The van der Waals surface area contributed by atoms with E-state index in [0.29, 0.717) is 13.0 Å². The van der Waals surface area contributed by atoms with Crippen LogP contribution >= 0.6 is 0 Å². The minimum absolute atomic E-state index is 0.0712. The second-order valence-corrected chi connectivity index (χ2v) is 5.31. The van der Waals surface area contributed by atoms with Crippen molar-refractivity contribution in [3.05, 3.63) is 47.2 Å². The predicted molar refractivity (Wildman–Crippen MR) is 73.6 cm³/mol. The number of nitrogens with zero attached hydrogens (tertiary/aromatic N) is 1. The molecule has 3 heteroatoms. The second kappa shape index (κ2) is 5.17. The number of rotatable bonds is 1. The van der Waals surface area contributed by atoms with Crippen LogP contribution in [0.25, 0.3) is 0 Å². The van der Waals surface area contributed by atoms with Crippen LogP contribution in [-0.4, -0.2) is 28.6 Å². The van der Waals surface area contributed by atoms with Crippen LogP contribution in [0.3, 0.4) is 0 Å². The van der Waals surface area contributed by atoms with Crippen molar-refractivity contribution in [1.82, 2.24) is 4.90 Å². The lowest BCUT2D eigenvalue weighted by Gasteiger charge is -2.37. The van der Waals surface area contributed by atoms with E-state index in [9.17, 15) is 9.90 Å². The lowest BCUT2D eigenvalue weighted by Crippen LogP contribution is -2.40. The van der Waals surface area contributed by atoms with Crippen LogP contribution in [0, 0.1) is 0 Å². The van der Waals surface area contributed by atoms with Gasteiger partial charge in [-0.15, -0.1) is 0 Å². The van der Waals surface area contributed by atoms with E-state index in [1.807, 2.05) is 35.2 Å². The average Bonchev–Trinajstić information content (AvgIpc) is 2.48. The summed E-state index contributed by atoms with van der Waals surface area (Å²) in [5, 5.41) is 10.1. The first-order chi connectivity index (χ1) is 9.27. The maximum absolute atomic E-state index is 12.6. The molecule has 0 radical (unpaired) electrons. The highest BCUT2D eigenvalue weighted by Gasteiger charge is 2.31. The molecule has 1 unspecified atom stereocenters. The summed E-state index contributed by atoms with van der Waals surface area (Å²) < 4.78 is 0. The van der Waals surface area contributed by atoms with Gasteiger partial charge in [0.2, 0.25) is 0 Å². The normalized spacial score (nSPS) is 23.2. The number of allylic oxidation sites excluding steroid dienone is 1. The number of aliphatic hydroxyl groups is 1. The molecule has 1 heterocycles. The average molecular weight is 257 g/mol. The fraction of sp³-hybridized carbons (Fsp3) is 0.438. The molecule has 1 aliphatic carbocycles. The van der Waals surface area contributed by atoms with Crippen molar-refractivity contribution < 1.29 is 9.90 Å². The van der Waals surface area contributed by atoms with Crippen LogP contribution in [0.1, 0.15) is 42.5 Å². The number of hydrogen-bond donors (Lipinski definition) is 1. The molecule has 0 aromatic heterocycles. The number of aliphatic hydroxyl groups excluding tert-OH is 1. The number of hydrogen-bond acceptors (Lipinski definition) is 2. The van der Waals surface area contributed by atoms with Crippen LogP contribution in [0.4, 0.5) is 0 Å². The van der Waals surface area contributed by atoms with Gasteiger partial charge in [0.1, 0.15) is 0 Å². The molecule has 3 nitrogen and oxygen atoms in total. The Morgan fingerprint density at radius 3 is 2.68 bits per heavy atom. The molecule has 0 bridgehead atoms.